The maximum atomic E-state index is 12.3. The first-order valence-corrected chi connectivity index (χ1v) is 11.8. The van der Waals surface area contributed by atoms with Crippen LogP contribution in [0.4, 0.5) is 0 Å². The summed E-state index contributed by atoms with van der Waals surface area (Å²) in [7, 11) is -2.78. The van der Waals surface area contributed by atoms with Crippen LogP contribution in [0.15, 0.2) is 60.7 Å². The van der Waals surface area contributed by atoms with Crippen LogP contribution in [-0.2, 0) is 18.8 Å². The molecule has 0 aliphatic carbocycles. The second-order valence-corrected chi connectivity index (χ2v) is 12.8. The van der Waals surface area contributed by atoms with Gasteiger partial charge in [-0.25, -0.2) is 0 Å². The molecule has 0 aromatic heterocycles. The minimum Gasteiger partial charge on any atom is -0.441 e. The summed E-state index contributed by atoms with van der Waals surface area (Å²) in [5.74, 6) is -1.10. The van der Waals surface area contributed by atoms with Crippen molar-refractivity contribution in [2.24, 2.45) is 5.92 Å². The second-order valence-electron chi connectivity index (χ2n) is 8.55. The van der Waals surface area contributed by atoms with Crippen LogP contribution in [0.25, 0.3) is 0 Å². The number of hydrogen-bond donors (Lipinski definition) is 1. The summed E-state index contributed by atoms with van der Waals surface area (Å²) in [5, 5.41) is 4.76. The van der Waals surface area contributed by atoms with Gasteiger partial charge in [0.2, 0.25) is 5.91 Å². The molecule has 2 aromatic carbocycles. The Hall–Kier alpha value is -2.44. The highest BCUT2D eigenvalue weighted by atomic mass is 28.4. The van der Waals surface area contributed by atoms with Gasteiger partial charge in [0, 0.05) is 6.92 Å². The smallest absolute Gasteiger partial charge is 0.304 e. The molecule has 1 amide bonds. The standard InChI is InChI=1S/C23H29NO4Si/c1-16(20-21(26)24-22(20)27-17(2)25)28-29(23(3,4)5,18-12-8-6-9-13-18)19-14-10-7-11-15-19/h6-16,20,22H,1-5H3,(H,24,26)/t16-,20?,22-/m1/s1. The van der Waals surface area contributed by atoms with E-state index in [1.54, 1.807) is 0 Å². The lowest BCUT2D eigenvalue weighted by molar-refractivity contribution is -0.172. The van der Waals surface area contributed by atoms with E-state index < -0.39 is 32.5 Å². The van der Waals surface area contributed by atoms with Crippen LogP contribution in [-0.4, -0.2) is 32.5 Å². The summed E-state index contributed by atoms with van der Waals surface area (Å²) in [4.78, 5) is 23.7. The normalized spacial score (nSPS) is 20.4. The molecule has 1 fully saturated rings. The van der Waals surface area contributed by atoms with E-state index in [9.17, 15) is 9.59 Å². The van der Waals surface area contributed by atoms with Crippen LogP contribution in [0, 0.1) is 5.92 Å². The van der Waals surface area contributed by atoms with Crippen molar-refractivity contribution in [2.45, 2.75) is 52.0 Å². The maximum Gasteiger partial charge on any atom is 0.304 e. The van der Waals surface area contributed by atoms with Gasteiger partial charge in [-0.1, -0.05) is 81.4 Å². The molecule has 0 bridgehead atoms. The Morgan fingerprint density at radius 2 is 1.48 bits per heavy atom. The van der Waals surface area contributed by atoms with Crippen LogP contribution in [0.3, 0.4) is 0 Å². The minimum absolute atomic E-state index is 0.151. The van der Waals surface area contributed by atoms with E-state index >= 15 is 0 Å². The van der Waals surface area contributed by atoms with Gasteiger partial charge in [-0.3, -0.25) is 9.59 Å². The van der Waals surface area contributed by atoms with E-state index in [0.29, 0.717) is 0 Å². The zero-order chi connectivity index (χ0) is 21.2. The topological polar surface area (TPSA) is 64.6 Å². The number of carbonyl (C=O) groups excluding carboxylic acids is 2. The van der Waals surface area contributed by atoms with Crippen molar-refractivity contribution in [3.05, 3.63) is 60.7 Å². The number of ether oxygens (including phenoxy) is 1. The largest absolute Gasteiger partial charge is 0.441 e. The molecule has 29 heavy (non-hydrogen) atoms. The Labute approximate surface area is 173 Å². The van der Waals surface area contributed by atoms with Gasteiger partial charge in [-0.05, 0) is 22.3 Å². The summed E-state index contributed by atoms with van der Waals surface area (Å²) >= 11 is 0. The molecule has 1 aliphatic heterocycles. The Balaban J connectivity index is 2.06. The lowest BCUT2D eigenvalue weighted by atomic mass is 9.93. The zero-order valence-corrected chi connectivity index (χ0v) is 18.6. The molecule has 0 spiro atoms. The van der Waals surface area contributed by atoms with E-state index in [1.165, 1.54) is 6.92 Å². The van der Waals surface area contributed by atoms with Crippen molar-refractivity contribution in [1.82, 2.24) is 5.32 Å². The van der Waals surface area contributed by atoms with Crippen LogP contribution in [0.5, 0.6) is 0 Å². The summed E-state index contributed by atoms with van der Waals surface area (Å²) < 4.78 is 12.2. The molecule has 1 N–H and O–H groups in total. The molecule has 6 heteroatoms. The lowest BCUT2D eigenvalue weighted by Gasteiger charge is -2.48. The molecule has 5 nitrogen and oxygen atoms in total. The van der Waals surface area contributed by atoms with Crippen molar-refractivity contribution in [1.29, 1.82) is 0 Å². The number of β-lactam (4-membered cyclic amide) rings is 1. The number of rotatable bonds is 6. The minimum atomic E-state index is -2.78. The molecule has 3 rings (SSSR count). The molecule has 1 saturated heterocycles. The van der Waals surface area contributed by atoms with Gasteiger partial charge >= 0.3 is 5.97 Å². The highest BCUT2D eigenvalue weighted by Crippen LogP contribution is 2.39. The van der Waals surface area contributed by atoms with Crippen LogP contribution < -0.4 is 15.7 Å². The second kappa shape index (κ2) is 8.12. The number of benzene rings is 2. The third-order valence-electron chi connectivity index (χ3n) is 5.49. The van der Waals surface area contributed by atoms with Crippen molar-refractivity contribution in [3.63, 3.8) is 0 Å². The quantitative estimate of drug-likeness (QED) is 0.451. The van der Waals surface area contributed by atoms with Gasteiger partial charge in [0.25, 0.3) is 8.32 Å². The van der Waals surface area contributed by atoms with Gasteiger partial charge in [0.05, 0.1) is 6.10 Å². The predicted molar refractivity (Wildman–Crippen MR) is 115 cm³/mol. The fourth-order valence-corrected chi connectivity index (χ4v) is 8.87. The summed E-state index contributed by atoms with van der Waals surface area (Å²) in [6, 6.07) is 20.5. The van der Waals surface area contributed by atoms with Crippen LogP contribution >= 0.6 is 0 Å². The lowest BCUT2D eigenvalue weighted by Crippen LogP contribution is -2.71. The number of nitrogens with one attached hydrogen (secondary N) is 1. The predicted octanol–water partition coefficient (Wildman–Crippen LogP) is 2.59. The zero-order valence-electron chi connectivity index (χ0n) is 17.6. The molecule has 1 aliphatic rings. The third kappa shape index (κ3) is 4.00. The number of hydrogen-bond acceptors (Lipinski definition) is 4. The Morgan fingerprint density at radius 3 is 1.86 bits per heavy atom. The first-order chi connectivity index (χ1) is 13.7. The fraction of sp³-hybridized carbons (Fsp3) is 0.391. The fourth-order valence-electron chi connectivity index (χ4n) is 4.15. The van der Waals surface area contributed by atoms with Gasteiger partial charge in [0.15, 0.2) is 6.23 Å². The number of amides is 1. The maximum absolute atomic E-state index is 12.3. The first kappa shape index (κ1) is 21.3. The highest BCUT2D eigenvalue weighted by molar-refractivity contribution is 6.99. The number of carbonyl (C=O) groups is 2. The SMILES string of the molecule is CC(=O)O[C@H]1NC(=O)C1[C@@H](C)O[Si](c1ccccc1)(c1ccccc1)C(C)(C)C. The number of esters is 1. The highest BCUT2D eigenvalue weighted by Gasteiger charge is 2.54. The Morgan fingerprint density at radius 1 is 1.00 bits per heavy atom. The first-order valence-electron chi connectivity index (χ1n) is 9.93. The van der Waals surface area contributed by atoms with Crippen molar-refractivity contribution in [3.8, 4) is 0 Å². The molecule has 2 aromatic rings. The average Bonchev–Trinajstić information content (AvgIpc) is 2.65. The average molecular weight is 412 g/mol. The molecule has 1 unspecified atom stereocenters. The monoisotopic (exact) mass is 411 g/mol. The summed E-state index contributed by atoms with van der Waals surface area (Å²) in [5.41, 5.74) is 0. The van der Waals surface area contributed by atoms with Crippen LogP contribution in [0.2, 0.25) is 5.04 Å². The van der Waals surface area contributed by atoms with Gasteiger partial charge < -0.3 is 14.5 Å². The molecule has 154 valence electrons. The molecular formula is C23H29NO4Si. The van der Waals surface area contributed by atoms with Gasteiger partial charge in [-0.15, -0.1) is 0 Å². The molecular weight excluding hydrogens is 382 g/mol. The molecule has 1 heterocycles. The van der Waals surface area contributed by atoms with E-state index in [4.69, 9.17) is 9.16 Å². The van der Waals surface area contributed by atoms with Crippen molar-refractivity contribution >= 4 is 30.6 Å². The third-order valence-corrected chi connectivity index (χ3v) is 10.6. The Kier molecular flexibility index (Phi) is 5.96. The molecule has 0 saturated carbocycles. The van der Waals surface area contributed by atoms with E-state index in [0.717, 1.165) is 10.4 Å². The van der Waals surface area contributed by atoms with E-state index in [1.807, 2.05) is 43.3 Å². The van der Waals surface area contributed by atoms with Gasteiger partial charge in [0.1, 0.15) is 5.92 Å². The molecule has 3 atom stereocenters. The van der Waals surface area contributed by atoms with Crippen molar-refractivity contribution in [2.75, 3.05) is 0 Å². The van der Waals surface area contributed by atoms with Crippen LogP contribution in [0.1, 0.15) is 34.6 Å². The Bertz CT molecular complexity index is 824. The van der Waals surface area contributed by atoms with E-state index in [2.05, 4.69) is 50.4 Å². The summed E-state index contributed by atoms with van der Waals surface area (Å²) in [6.45, 7) is 9.82. The van der Waals surface area contributed by atoms with Gasteiger partial charge in [-0.2, -0.15) is 0 Å². The van der Waals surface area contributed by atoms with Crippen molar-refractivity contribution < 1.29 is 18.8 Å². The van der Waals surface area contributed by atoms with E-state index in [-0.39, 0.29) is 10.9 Å². The molecule has 0 radical (unpaired) electrons. The summed E-state index contributed by atoms with van der Waals surface area (Å²) in [6.07, 6.45) is -1.06.